The molecule has 0 aliphatic rings. The minimum absolute atomic E-state index is 0.00737. The minimum Gasteiger partial charge on any atom is -0.478 e. The molecule has 2 N–H and O–H groups in total. The molecule has 0 unspecified atom stereocenters. The zero-order chi connectivity index (χ0) is 14.5. The van der Waals surface area contributed by atoms with Gasteiger partial charge >= 0.3 is 11.9 Å². The van der Waals surface area contributed by atoms with Crippen molar-refractivity contribution in [3.8, 4) is 0 Å². The summed E-state index contributed by atoms with van der Waals surface area (Å²) in [4.78, 5) is 22.0. The van der Waals surface area contributed by atoms with E-state index in [1.54, 1.807) is 0 Å². The van der Waals surface area contributed by atoms with E-state index in [2.05, 4.69) is 0 Å². The molecule has 4 heteroatoms. The first-order chi connectivity index (χ1) is 9.56. The summed E-state index contributed by atoms with van der Waals surface area (Å²) in [5.74, 6) is -2.23. The number of hydrogen-bond donors (Lipinski definition) is 2. The molecule has 4 nitrogen and oxygen atoms in total. The van der Waals surface area contributed by atoms with Gasteiger partial charge in [0.2, 0.25) is 0 Å². The van der Waals surface area contributed by atoms with E-state index >= 15 is 0 Å². The number of aromatic carboxylic acids is 2. The Hall–Kier alpha value is -2.62. The van der Waals surface area contributed by atoms with Crippen LogP contribution in [-0.2, 0) is 12.8 Å². The lowest BCUT2D eigenvalue weighted by Gasteiger charge is -2.06. The molecule has 0 heterocycles. The summed E-state index contributed by atoms with van der Waals surface area (Å²) < 4.78 is 0. The van der Waals surface area contributed by atoms with Gasteiger partial charge in [-0.2, -0.15) is 0 Å². The molecular weight excluding hydrogens is 256 g/mol. The van der Waals surface area contributed by atoms with Gasteiger partial charge in [0.25, 0.3) is 0 Å². The van der Waals surface area contributed by atoms with Crippen LogP contribution in [-0.4, -0.2) is 22.2 Å². The van der Waals surface area contributed by atoms with Crippen LogP contribution in [0.25, 0.3) is 0 Å². The second-order valence-electron chi connectivity index (χ2n) is 4.51. The van der Waals surface area contributed by atoms with Gasteiger partial charge in [-0.05, 0) is 42.2 Å². The van der Waals surface area contributed by atoms with Gasteiger partial charge in [0.1, 0.15) is 0 Å². The predicted octanol–water partition coefficient (Wildman–Crippen LogP) is 2.87. The molecule has 0 aliphatic carbocycles. The number of hydrogen-bond acceptors (Lipinski definition) is 2. The molecule has 2 aromatic carbocycles. The Morgan fingerprint density at radius 1 is 0.750 bits per heavy atom. The van der Waals surface area contributed by atoms with Crippen LogP contribution in [0.5, 0.6) is 0 Å². The van der Waals surface area contributed by atoms with Gasteiger partial charge in [0.15, 0.2) is 0 Å². The largest absolute Gasteiger partial charge is 0.478 e. The van der Waals surface area contributed by atoms with Crippen molar-refractivity contribution in [2.45, 2.75) is 12.8 Å². The molecule has 0 spiro atoms. The lowest BCUT2D eigenvalue weighted by Crippen LogP contribution is -2.04. The van der Waals surface area contributed by atoms with Crippen LogP contribution in [0.15, 0.2) is 48.5 Å². The Bertz CT molecular complexity index is 600. The van der Waals surface area contributed by atoms with Gasteiger partial charge < -0.3 is 10.2 Å². The smallest absolute Gasteiger partial charge is 0.335 e. The highest BCUT2D eigenvalue weighted by molar-refractivity contribution is 5.94. The number of carboxylic acids is 2. The first-order valence-electron chi connectivity index (χ1n) is 6.21. The Kier molecular flexibility index (Phi) is 4.15. The maximum atomic E-state index is 11.0. The molecule has 0 atom stereocenters. The van der Waals surface area contributed by atoms with Crippen molar-refractivity contribution in [3.63, 3.8) is 0 Å². The van der Waals surface area contributed by atoms with E-state index in [4.69, 9.17) is 10.2 Å². The van der Waals surface area contributed by atoms with E-state index in [9.17, 15) is 9.59 Å². The monoisotopic (exact) mass is 270 g/mol. The van der Waals surface area contributed by atoms with Crippen molar-refractivity contribution in [1.29, 1.82) is 0 Å². The van der Waals surface area contributed by atoms with Gasteiger partial charge in [0.05, 0.1) is 11.1 Å². The summed E-state index contributed by atoms with van der Waals surface area (Å²) >= 11 is 0. The summed E-state index contributed by atoms with van der Waals surface area (Å²) in [6, 6.07) is 14.0. The molecule has 0 amide bonds. The van der Waals surface area contributed by atoms with E-state index in [0.717, 1.165) is 12.0 Å². The third kappa shape index (κ3) is 3.45. The van der Waals surface area contributed by atoms with E-state index in [0.29, 0.717) is 12.0 Å². The van der Waals surface area contributed by atoms with Crippen molar-refractivity contribution in [3.05, 3.63) is 70.8 Å². The van der Waals surface area contributed by atoms with Crippen molar-refractivity contribution >= 4 is 11.9 Å². The fourth-order valence-corrected chi connectivity index (χ4v) is 2.02. The third-order valence-electron chi connectivity index (χ3n) is 3.03. The average Bonchev–Trinajstić information content (AvgIpc) is 2.45. The van der Waals surface area contributed by atoms with Gasteiger partial charge in [0, 0.05) is 0 Å². The standard InChI is InChI=1S/C16H14O4/c17-15(18)13-8-12(9-14(10-13)16(19)20)7-6-11-4-2-1-3-5-11/h1-5,8-10H,6-7H2,(H,17,18)(H,19,20). The molecule has 0 bridgehead atoms. The van der Waals surface area contributed by atoms with Gasteiger partial charge in [-0.1, -0.05) is 30.3 Å². The van der Waals surface area contributed by atoms with Crippen LogP contribution in [0.4, 0.5) is 0 Å². The minimum atomic E-state index is -1.12. The Morgan fingerprint density at radius 2 is 1.25 bits per heavy atom. The van der Waals surface area contributed by atoms with Gasteiger partial charge in [-0.3, -0.25) is 0 Å². The molecule has 2 aromatic rings. The number of aryl methyl sites for hydroxylation is 2. The number of carboxylic acid groups (broad SMARTS) is 2. The van der Waals surface area contributed by atoms with Crippen LogP contribution in [0.2, 0.25) is 0 Å². The zero-order valence-electron chi connectivity index (χ0n) is 10.7. The van der Waals surface area contributed by atoms with E-state index in [-0.39, 0.29) is 11.1 Å². The molecule has 0 aromatic heterocycles. The average molecular weight is 270 g/mol. The summed E-state index contributed by atoms with van der Waals surface area (Å²) in [5.41, 5.74) is 1.86. The second-order valence-corrected chi connectivity index (χ2v) is 4.51. The highest BCUT2D eigenvalue weighted by atomic mass is 16.4. The van der Waals surface area contributed by atoms with Crippen LogP contribution in [0, 0.1) is 0 Å². The van der Waals surface area contributed by atoms with Crippen LogP contribution in [0.1, 0.15) is 31.8 Å². The Morgan fingerprint density at radius 3 is 1.75 bits per heavy atom. The fraction of sp³-hybridized carbons (Fsp3) is 0.125. The van der Waals surface area contributed by atoms with E-state index in [1.807, 2.05) is 30.3 Å². The zero-order valence-corrected chi connectivity index (χ0v) is 10.7. The SMILES string of the molecule is O=C(O)c1cc(CCc2ccccc2)cc(C(=O)O)c1. The fourth-order valence-electron chi connectivity index (χ4n) is 2.02. The summed E-state index contributed by atoms with van der Waals surface area (Å²) in [6.07, 6.45) is 1.34. The third-order valence-corrected chi connectivity index (χ3v) is 3.03. The van der Waals surface area contributed by atoms with Crippen molar-refractivity contribution in [2.24, 2.45) is 0 Å². The van der Waals surface area contributed by atoms with Gasteiger partial charge in [-0.15, -0.1) is 0 Å². The quantitative estimate of drug-likeness (QED) is 0.876. The second kappa shape index (κ2) is 6.02. The number of benzene rings is 2. The van der Waals surface area contributed by atoms with Crippen molar-refractivity contribution in [1.82, 2.24) is 0 Å². The summed E-state index contributed by atoms with van der Waals surface area (Å²) in [7, 11) is 0. The molecule has 0 aliphatic heterocycles. The molecule has 2 rings (SSSR count). The lowest BCUT2D eigenvalue weighted by molar-refractivity contribution is 0.0696. The highest BCUT2D eigenvalue weighted by Crippen LogP contribution is 2.14. The predicted molar refractivity (Wildman–Crippen MR) is 74.2 cm³/mol. The number of rotatable bonds is 5. The molecule has 20 heavy (non-hydrogen) atoms. The molecular formula is C16H14O4. The molecule has 102 valence electrons. The van der Waals surface area contributed by atoms with Crippen LogP contribution < -0.4 is 0 Å². The number of carbonyl (C=O) groups is 2. The Balaban J connectivity index is 2.22. The maximum absolute atomic E-state index is 11.0. The van der Waals surface area contributed by atoms with Crippen molar-refractivity contribution < 1.29 is 19.8 Å². The molecule has 0 saturated heterocycles. The summed E-state index contributed by atoms with van der Waals surface area (Å²) in [6.45, 7) is 0. The molecule has 0 fully saturated rings. The first-order valence-corrected chi connectivity index (χ1v) is 6.21. The van der Waals surface area contributed by atoms with Crippen LogP contribution >= 0.6 is 0 Å². The summed E-state index contributed by atoms with van der Waals surface area (Å²) in [5, 5.41) is 18.0. The first kappa shape index (κ1) is 13.8. The molecule has 0 saturated carbocycles. The molecule has 0 radical (unpaired) electrons. The van der Waals surface area contributed by atoms with E-state index in [1.165, 1.54) is 18.2 Å². The van der Waals surface area contributed by atoms with Gasteiger partial charge in [-0.25, -0.2) is 9.59 Å². The lowest BCUT2D eigenvalue weighted by atomic mass is 10.00. The van der Waals surface area contributed by atoms with E-state index < -0.39 is 11.9 Å². The topological polar surface area (TPSA) is 74.6 Å². The normalized spacial score (nSPS) is 10.2. The Labute approximate surface area is 116 Å². The van der Waals surface area contributed by atoms with Crippen LogP contribution in [0.3, 0.4) is 0 Å². The highest BCUT2D eigenvalue weighted by Gasteiger charge is 2.11. The van der Waals surface area contributed by atoms with Crippen molar-refractivity contribution in [2.75, 3.05) is 0 Å². The maximum Gasteiger partial charge on any atom is 0.335 e.